The van der Waals surface area contributed by atoms with Crippen molar-refractivity contribution in [1.29, 1.82) is 5.26 Å². The van der Waals surface area contributed by atoms with Crippen LogP contribution in [0.4, 0.5) is 5.69 Å². The van der Waals surface area contributed by atoms with Crippen LogP contribution in [0.3, 0.4) is 0 Å². The summed E-state index contributed by atoms with van der Waals surface area (Å²) in [6.45, 7) is 0.902. The number of furan rings is 1. The highest BCUT2D eigenvalue weighted by atomic mass is 16.6. The number of carbonyl (C=O) groups is 1. The fraction of sp³-hybridized carbons (Fsp3) is 0.222. The van der Waals surface area contributed by atoms with Gasteiger partial charge in [0, 0.05) is 44.0 Å². The van der Waals surface area contributed by atoms with Crippen molar-refractivity contribution in [3.63, 3.8) is 0 Å². The normalized spacial score (nSPS) is 11.0. The monoisotopic (exact) mass is 355 g/mol. The summed E-state index contributed by atoms with van der Waals surface area (Å²) in [6.07, 6.45) is 1.96. The van der Waals surface area contributed by atoms with E-state index in [1.807, 2.05) is 6.07 Å². The zero-order valence-corrected chi connectivity index (χ0v) is 14.1. The Kier molecular flexibility index (Phi) is 6.65. The summed E-state index contributed by atoms with van der Waals surface area (Å²) in [5, 5.41) is 22.6. The van der Waals surface area contributed by atoms with Gasteiger partial charge in [-0.25, -0.2) is 0 Å². The Morgan fingerprint density at radius 2 is 2.23 bits per heavy atom. The molecule has 0 saturated carbocycles. The van der Waals surface area contributed by atoms with Gasteiger partial charge in [-0.05, 0) is 18.6 Å². The van der Waals surface area contributed by atoms with Crippen molar-refractivity contribution in [3.05, 3.63) is 57.8 Å². The zero-order chi connectivity index (χ0) is 18.9. The minimum Gasteiger partial charge on any atom is -0.457 e. The highest BCUT2D eigenvalue weighted by molar-refractivity contribution is 6.01. The molecule has 134 valence electrons. The number of nitro groups is 1. The maximum atomic E-state index is 12.0. The van der Waals surface area contributed by atoms with Crippen LogP contribution in [-0.4, -0.2) is 31.1 Å². The maximum absolute atomic E-state index is 12.0. The molecule has 8 heteroatoms. The molecule has 0 fully saturated rings. The van der Waals surface area contributed by atoms with Gasteiger partial charge in [-0.15, -0.1) is 0 Å². The van der Waals surface area contributed by atoms with E-state index in [9.17, 15) is 14.9 Å². The quantitative estimate of drug-likeness (QED) is 0.256. The zero-order valence-electron chi connectivity index (χ0n) is 14.1. The van der Waals surface area contributed by atoms with Gasteiger partial charge in [-0.1, -0.05) is 12.1 Å². The van der Waals surface area contributed by atoms with Gasteiger partial charge in [0.15, 0.2) is 0 Å². The van der Waals surface area contributed by atoms with Crippen LogP contribution in [0.25, 0.3) is 17.4 Å². The van der Waals surface area contributed by atoms with Gasteiger partial charge in [0.1, 0.15) is 23.2 Å². The third kappa shape index (κ3) is 5.03. The van der Waals surface area contributed by atoms with Crippen LogP contribution in [-0.2, 0) is 9.53 Å². The number of carbonyl (C=O) groups excluding carboxylic acids is 1. The average molecular weight is 355 g/mol. The van der Waals surface area contributed by atoms with Gasteiger partial charge in [0.2, 0.25) is 0 Å². The van der Waals surface area contributed by atoms with E-state index in [0.29, 0.717) is 36.7 Å². The highest BCUT2D eigenvalue weighted by Crippen LogP contribution is 2.26. The molecule has 0 aliphatic heterocycles. The van der Waals surface area contributed by atoms with Crippen molar-refractivity contribution in [2.24, 2.45) is 0 Å². The largest absolute Gasteiger partial charge is 0.457 e. The summed E-state index contributed by atoms with van der Waals surface area (Å²) in [7, 11) is 1.57. The van der Waals surface area contributed by atoms with Crippen LogP contribution in [0, 0.1) is 21.4 Å². The minimum atomic E-state index is -0.503. The lowest BCUT2D eigenvalue weighted by atomic mass is 10.1. The molecule has 2 rings (SSSR count). The number of ether oxygens (including phenoxy) is 1. The molecule has 0 radical (unpaired) electrons. The number of methoxy groups -OCH3 is 1. The summed E-state index contributed by atoms with van der Waals surface area (Å²) in [5.74, 6) is 0.199. The lowest BCUT2D eigenvalue weighted by molar-refractivity contribution is -0.384. The van der Waals surface area contributed by atoms with Crippen LogP contribution < -0.4 is 5.32 Å². The number of benzene rings is 1. The molecule has 1 aromatic heterocycles. The van der Waals surface area contributed by atoms with Crippen molar-refractivity contribution in [1.82, 2.24) is 5.32 Å². The van der Waals surface area contributed by atoms with Gasteiger partial charge in [-0.3, -0.25) is 14.9 Å². The smallest absolute Gasteiger partial charge is 0.270 e. The number of nitro benzene ring substituents is 1. The van der Waals surface area contributed by atoms with Gasteiger partial charge < -0.3 is 14.5 Å². The van der Waals surface area contributed by atoms with E-state index >= 15 is 0 Å². The molecule has 1 aromatic carbocycles. The first kappa shape index (κ1) is 18.9. The van der Waals surface area contributed by atoms with Crippen molar-refractivity contribution < 1.29 is 18.9 Å². The van der Waals surface area contributed by atoms with E-state index in [0.717, 1.165) is 0 Å². The highest BCUT2D eigenvalue weighted by Gasteiger charge is 2.12. The van der Waals surface area contributed by atoms with Crippen molar-refractivity contribution >= 4 is 17.7 Å². The summed E-state index contributed by atoms with van der Waals surface area (Å²) in [4.78, 5) is 22.3. The molecule has 0 unspecified atom stereocenters. The molecule has 0 aliphatic rings. The fourth-order valence-corrected chi connectivity index (χ4v) is 2.16. The number of hydrogen-bond acceptors (Lipinski definition) is 6. The van der Waals surface area contributed by atoms with Gasteiger partial charge in [0.05, 0.1) is 4.92 Å². The first-order valence-corrected chi connectivity index (χ1v) is 7.78. The molecule has 0 saturated heterocycles. The van der Waals surface area contributed by atoms with Crippen LogP contribution in [0.2, 0.25) is 0 Å². The van der Waals surface area contributed by atoms with Gasteiger partial charge >= 0.3 is 0 Å². The Morgan fingerprint density at radius 1 is 1.42 bits per heavy atom. The molecule has 1 heterocycles. The van der Waals surface area contributed by atoms with Crippen LogP contribution in [0.5, 0.6) is 0 Å². The second kappa shape index (κ2) is 9.15. The number of non-ortho nitro benzene ring substituents is 1. The average Bonchev–Trinajstić information content (AvgIpc) is 3.12. The van der Waals surface area contributed by atoms with E-state index in [1.54, 1.807) is 31.4 Å². The van der Waals surface area contributed by atoms with Crippen LogP contribution in [0.15, 0.2) is 46.4 Å². The first-order valence-electron chi connectivity index (χ1n) is 7.78. The van der Waals surface area contributed by atoms with E-state index < -0.39 is 10.8 Å². The Bertz CT molecular complexity index is 864. The lowest BCUT2D eigenvalue weighted by Gasteiger charge is -2.03. The molecule has 26 heavy (non-hydrogen) atoms. The molecule has 1 N–H and O–H groups in total. The van der Waals surface area contributed by atoms with Crippen LogP contribution in [0.1, 0.15) is 12.2 Å². The van der Waals surface area contributed by atoms with Gasteiger partial charge in [0.25, 0.3) is 11.6 Å². The number of amides is 1. The molecular formula is C18H17N3O5. The third-order valence-corrected chi connectivity index (χ3v) is 3.43. The Morgan fingerprint density at radius 3 is 2.92 bits per heavy atom. The predicted molar refractivity (Wildman–Crippen MR) is 93.9 cm³/mol. The van der Waals surface area contributed by atoms with E-state index in [-0.39, 0.29) is 11.3 Å². The summed E-state index contributed by atoms with van der Waals surface area (Å²) < 4.78 is 10.5. The standard InChI is InChI=1S/C18H17N3O5/c1-25-9-3-8-20-18(22)14(12-19)11-16-6-7-17(26-16)13-4-2-5-15(10-13)21(23)24/h2,4-7,10-11H,3,8-9H2,1H3,(H,20,22)/b14-11+. The van der Waals surface area contributed by atoms with E-state index in [4.69, 9.17) is 14.4 Å². The number of nitrogens with zero attached hydrogens (tertiary/aromatic N) is 2. The Balaban J connectivity index is 2.13. The second-order valence-corrected chi connectivity index (χ2v) is 5.28. The number of hydrogen-bond donors (Lipinski definition) is 1. The number of nitriles is 1. The Labute approximate surface area is 149 Å². The third-order valence-electron chi connectivity index (χ3n) is 3.43. The lowest BCUT2D eigenvalue weighted by Crippen LogP contribution is -2.26. The van der Waals surface area contributed by atoms with E-state index in [1.165, 1.54) is 18.2 Å². The molecule has 0 spiro atoms. The molecule has 1 amide bonds. The Hall–Kier alpha value is -3.44. The summed E-state index contributed by atoms with van der Waals surface area (Å²) >= 11 is 0. The van der Waals surface area contributed by atoms with Crippen molar-refractivity contribution in [2.75, 3.05) is 20.3 Å². The van der Waals surface area contributed by atoms with Gasteiger partial charge in [-0.2, -0.15) is 5.26 Å². The molecule has 8 nitrogen and oxygen atoms in total. The van der Waals surface area contributed by atoms with E-state index in [2.05, 4.69) is 5.32 Å². The second-order valence-electron chi connectivity index (χ2n) is 5.28. The van der Waals surface area contributed by atoms with Crippen molar-refractivity contribution in [2.45, 2.75) is 6.42 Å². The topological polar surface area (TPSA) is 118 Å². The molecule has 0 atom stereocenters. The molecule has 0 aliphatic carbocycles. The summed E-state index contributed by atoms with van der Waals surface area (Å²) in [6, 6.07) is 11.0. The molecule has 2 aromatic rings. The maximum Gasteiger partial charge on any atom is 0.270 e. The van der Waals surface area contributed by atoms with Crippen LogP contribution >= 0.6 is 0 Å². The molecular weight excluding hydrogens is 338 g/mol. The predicted octanol–water partition coefficient (Wildman–Crippen LogP) is 2.91. The van der Waals surface area contributed by atoms with Crippen molar-refractivity contribution in [3.8, 4) is 17.4 Å². The molecule has 0 bridgehead atoms. The number of rotatable bonds is 8. The summed E-state index contributed by atoms with van der Waals surface area (Å²) in [5.41, 5.74) is 0.382. The first-order chi connectivity index (χ1) is 12.5. The SMILES string of the molecule is COCCCNC(=O)/C(C#N)=C/c1ccc(-c2cccc([N+](=O)[O-])c2)o1. The minimum absolute atomic E-state index is 0.0517. The number of nitrogens with one attached hydrogen (secondary N) is 1. The fourth-order valence-electron chi connectivity index (χ4n) is 2.16.